The van der Waals surface area contributed by atoms with Gasteiger partial charge in [0.25, 0.3) is 0 Å². The fourth-order valence-electron chi connectivity index (χ4n) is 3.24. The second kappa shape index (κ2) is 8.09. The van der Waals surface area contributed by atoms with E-state index in [1.165, 1.54) is 30.3 Å². The molecule has 0 unspecified atom stereocenters. The quantitative estimate of drug-likeness (QED) is 0.542. The Bertz CT molecular complexity index is 880. The molecule has 7 heteroatoms. The van der Waals surface area contributed by atoms with Crippen molar-refractivity contribution in [2.24, 2.45) is 0 Å². The lowest BCUT2D eigenvalue weighted by Crippen LogP contribution is -2.48. The molecule has 0 bridgehead atoms. The summed E-state index contributed by atoms with van der Waals surface area (Å²) in [5, 5.41) is 0. The van der Waals surface area contributed by atoms with Crippen LogP contribution in [0.15, 0.2) is 70.7 Å². The summed E-state index contributed by atoms with van der Waals surface area (Å²) >= 11 is 3.32. The minimum Gasteiger partial charge on any atom is -0.463 e. The average molecular weight is 455 g/mol. The maximum absolute atomic E-state index is 14.2. The van der Waals surface area contributed by atoms with Gasteiger partial charge in [-0.25, -0.2) is 4.79 Å². The molecule has 0 amide bonds. The van der Waals surface area contributed by atoms with Crippen LogP contribution >= 0.6 is 15.9 Å². The van der Waals surface area contributed by atoms with E-state index in [9.17, 15) is 18.0 Å². The smallest absolute Gasteiger partial charge is 0.422 e. The van der Waals surface area contributed by atoms with E-state index >= 15 is 0 Å². The molecule has 1 aliphatic heterocycles. The molecule has 0 spiro atoms. The minimum absolute atomic E-state index is 0.0124. The fourth-order valence-corrected chi connectivity index (χ4v) is 3.65. The molecule has 0 saturated carbocycles. The Kier molecular flexibility index (Phi) is 5.95. The molecular weight excluding hydrogens is 437 g/mol. The van der Waals surface area contributed by atoms with E-state index in [-0.39, 0.29) is 17.7 Å². The highest BCUT2D eigenvalue weighted by molar-refractivity contribution is 9.10. The molecule has 1 aliphatic rings. The van der Waals surface area contributed by atoms with Gasteiger partial charge in [0.15, 0.2) is 5.60 Å². The number of benzene rings is 2. The molecule has 148 valence electrons. The number of rotatable bonds is 4. The summed E-state index contributed by atoms with van der Waals surface area (Å²) in [6.07, 6.45) is -5.13. The molecule has 2 aromatic carbocycles. The predicted molar refractivity (Wildman–Crippen MR) is 101 cm³/mol. The standard InChI is InChI=1S/C21H18BrF3O3/c1-2-27-19(26)17-11-12-20(21(23,24)25,15-8-4-3-5-9-15)28-18(17)14-7-6-10-16(22)13-14/h3-11,13,18H,2,12H2,1H3/t18-,20-/m1/s1. The molecule has 0 aliphatic carbocycles. The van der Waals surface area contributed by atoms with Crippen molar-refractivity contribution in [1.82, 2.24) is 0 Å². The summed E-state index contributed by atoms with van der Waals surface area (Å²) < 4.78 is 54.2. The lowest BCUT2D eigenvalue weighted by molar-refractivity contribution is -0.298. The van der Waals surface area contributed by atoms with Crippen LogP contribution in [0.5, 0.6) is 0 Å². The molecule has 3 nitrogen and oxygen atoms in total. The van der Waals surface area contributed by atoms with Gasteiger partial charge in [-0.15, -0.1) is 0 Å². The second-order valence-electron chi connectivity index (χ2n) is 6.33. The number of hydrogen-bond acceptors (Lipinski definition) is 3. The monoisotopic (exact) mass is 454 g/mol. The number of halogens is 4. The normalized spacial score (nSPS) is 22.5. The Labute approximate surface area is 169 Å². The summed E-state index contributed by atoms with van der Waals surface area (Å²) in [5.41, 5.74) is -2.08. The first kappa shape index (κ1) is 20.6. The number of ether oxygens (including phenoxy) is 2. The topological polar surface area (TPSA) is 35.5 Å². The van der Waals surface area contributed by atoms with Crippen LogP contribution in [0.2, 0.25) is 0 Å². The number of alkyl halides is 3. The SMILES string of the molecule is CCOC(=O)C1=CC[C@@](c2ccccc2)(C(F)(F)F)O[C@@H]1c1cccc(Br)c1. The van der Waals surface area contributed by atoms with Crippen molar-refractivity contribution >= 4 is 21.9 Å². The lowest BCUT2D eigenvalue weighted by atomic mass is 9.84. The van der Waals surface area contributed by atoms with Crippen LogP contribution in [0.3, 0.4) is 0 Å². The summed E-state index contributed by atoms with van der Waals surface area (Å²) in [7, 11) is 0. The molecule has 3 rings (SSSR count). The zero-order chi connectivity index (χ0) is 20.4. The van der Waals surface area contributed by atoms with Crippen LogP contribution in [0.25, 0.3) is 0 Å². The van der Waals surface area contributed by atoms with Gasteiger partial charge >= 0.3 is 12.1 Å². The van der Waals surface area contributed by atoms with Crippen LogP contribution in [0, 0.1) is 0 Å². The molecule has 0 saturated heterocycles. The number of carbonyl (C=O) groups excluding carboxylic acids is 1. The fraction of sp³-hybridized carbons (Fsp3) is 0.286. The van der Waals surface area contributed by atoms with Crippen molar-refractivity contribution in [3.8, 4) is 0 Å². The summed E-state index contributed by atoms with van der Waals surface area (Å²) in [6, 6.07) is 14.2. The first-order valence-electron chi connectivity index (χ1n) is 8.71. The molecule has 2 atom stereocenters. The van der Waals surface area contributed by atoms with Crippen molar-refractivity contribution < 1.29 is 27.4 Å². The van der Waals surface area contributed by atoms with Crippen molar-refractivity contribution in [3.63, 3.8) is 0 Å². The minimum atomic E-state index is -4.69. The van der Waals surface area contributed by atoms with Gasteiger partial charge in [-0.05, 0) is 30.2 Å². The van der Waals surface area contributed by atoms with Crippen molar-refractivity contribution in [1.29, 1.82) is 0 Å². The van der Waals surface area contributed by atoms with Gasteiger partial charge in [0.1, 0.15) is 6.10 Å². The molecule has 0 N–H and O–H groups in total. The van der Waals surface area contributed by atoms with Gasteiger partial charge in [-0.1, -0.05) is 64.5 Å². The highest BCUT2D eigenvalue weighted by Gasteiger charge is 2.60. The van der Waals surface area contributed by atoms with E-state index in [0.717, 1.165) is 0 Å². The van der Waals surface area contributed by atoms with Crippen molar-refractivity contribution in [3.05, 3.63) is 81.8 Å². The Morgan fingerprint density at radius 3 is 2.54 bits per heavy atom. The Hall–Kier alpha value is -2.12. The van der Waals surface area contributed by atoms with E-state index in [1.54, 1.807) is 37.3 Å². The Morgan fingerprint density at radius 1 is 1.21 bits per heavy atom. The van der Waals surface area contributed by atoms with Gasteiger partial charge in [-0.3, -0.25) is 0 Å². The van der Waals surface area contributed by atoms with Crippen LogP contribution in [0.4, 0.5) is 13.2 Å². The Morgan fingerprint density at radius 2 is 1.93 bits per heavy atom. The third-order valence-electron chi connectivity index (χ3n) is 4.57. The maximum atomic E-state index is 14.2. The van der Waals surface area contributed by atoms with Crippen LogP contribution in [-0.2, 0) is 19.9 Å². The second-order valence-corrected chi connectivity index (χ2v) is 7.24. The molecule has 1 heterocycles. The molecule has 2 aromatic rings. The average Bonchev–Trinajstić information content (AvgIpc) is 2.67. The third kappa shape index (κ3) is 3.86. The first-order chi connectivity index (χ1) is 13.3. The van der Waals surface area contributed by atoms with Crippen molar-refractivity contribution in [2.75, 3.05) is 6.61 Å². The van der Waals surface area contributed by atoms with Gasteiger partial charge in [0, 0.05) is 10.9 Å². The van der Waals surface area contributed by atoms with Gasteiger partial charge in [0.05, 0.1) is 12.2 Å². The summed E-state index contributed by atoms with van der Waals surface area (Å²) in [4.78, 5) is 12.4. The zero-order valence-electron chi connectivity index (χ0n) is 15.0. The summed E-state index contributed by atoms with van der Waals surface area (Å²) in [5.74, 6) is -0.684. The molecule has 0 radical (unpaired) electrons. The van der Waals surface area contributed by atoms with E-state index in [1.807, 2.05) is 0 Å². The molecule has 28 heavy (non-hydrogen) atoms. The van der Waals surface area contributed by atoms with E-state index in [2.05, 4.69) is 15.9 Å². The summed E-state index contributed by atoms with van der Waals surface area (Å²) in [6.45, 7) is 1.75. The van der Waals surface area contributed by atoms with E-state index in [0.29, 0.717) is 10.0 Å². The van der Waals surface area contributed by atoms with Gasteiger partial charge in [0.2, 0.25) is 0 Å². The van der Waals surface area contributed by atoms with Crippen LogP contribution < -0.4 is 0 Å². The Balaban J connectivity index is 2.15. The highest BCUT2D eigenvalue weighted by Crippen LogP contribution is 2.52. The zero-order valence-corrected chi connectivity index (χ0v) is 16.6. The lowest BCUT2D eigenvalue weighted by Gasteiger charge is -2.42. The van der Waals surface area contributed by atoms with Crippen LogP contribution in [-0.4, -0.2) is 18.8 Å². The van der Waals surface area contributed by atoms with Crippen molar-refractivity contribution in [2.45, 2.75) is 31.2 Å². The molecule has 0 aromatic heterocycles. The number of carbonyl (C=O) groups is 1. The molecular formula is C21H18BrF3O3. The van der Waals surface area contributed by atoms with Gasteiger partial charge in [-0.2, -0.15) is 13.2 Å². The number of hydrogen-bond donors (Lipinski definition) is 0. The maximum Gasteiger partial charge on any atom is 0.422 e. The van der Waals surface area contributed by atoms with E-state index < -0.39 is 30.3 Å². The number of esters is 1. The largest absolute Gasteiger partial charge is 0.463 e. The first-order valence-corrected chi connectivity index (χ1v) is 9.50. The van der Waals surface area contributed by atoms with Crippen LogP contribution in [0.1, 0.15) is 30.6 Å². The van der Waals surface area contributed by atoms with E-state index in [4.69, 9.17) is 9.47 Å². The molecule has 0 fully saturated rings. The third-order valence-corrected chi connectivity index (χ3v) is 5.06. The predicted octanol–water partition coefficient (Wildman–Crippen LogP) is 5.86. The highest BCUT2D eigenvalue weighted by atomic mass is 79.9. The van der Waals surface area contributed by atoms with Gasteiger partial charge < -0.3 is 9.47 Å².